The molecule has 2 aromatic carbocycles. The molecule has 0 aliphatic rings. The Morgan fingerprint density at radius 2 is 1.86 bits per heavy atom. The number of hydrogen-bond acceptors (Lipinski definition) is 8. The molecule has 0 radical (unpaired) electrons. The average Bonchev–Trinajstić information content (AvgIpc) is 3.38. The molecule has 0 amide bonds. The summed E-state index contributed by atoms with van der Waals surface area (Å²) >= 11 is 1.30. The van der Waals surface area contributed by atoms with Crippen LogP contribution in [0.5, 0.6) is 5.75 Å². The van der Waals surface area contributed by atoms with Gasteiger partial charge in [0.2, 0.25) is 0 Å². The van der Waals surface area contributed by atoms with Crippen molar-refractivity contribution in [3.05, 3.63) is 72.1 Å². The zero-order valence-corrected chi connectivity index (χ0v) is 15.6. The smallest absolute Gasteiger partial charge is 0.277 e. The fourth-order valence-corrected chi connectivity index (χ4v) is 3.09. The summed E-state index contributed by atoms with van der Waals surface area (Å²) in [5, 5.41) is 20.1. The topological polar surface area (TPSA) is 91.8 Å². The molecule has 2 heterocycles. The Labute approximate surface area is 163 Å². The molecule has 1 atom stereocenters. The Morgan fingerprint density at radius 3 is 2.68 bits per heavy atom. The maximum atomic E-state index is 13.7. The molecule has 0 spiro atoms. The summed E-state index contributed by atoms with van der Waals surface area (Å²) in [6, 6.07) is 15.7. The number of hydrogen-bond donors (Lipinski definition) is 0. The number of tetrazole rings is 1. The average molecular weight is 398 g/mol. The van der Waals surface area contributed by atoms with Crippen molar-refractivity contribution in [3.63, 3.8) is 0 Å². The molecule has 0 N–H and O–H groups in total. The number of nitrogens with zero attached hydrogens (tertiary/aromatic N) is 6. The van der Waals surface area contributed by atoms with Crippen molar-refractivity contribution in [2.75, 3.05) is 0 Å². The Hall–Kier alpha value is -3.27. The quantitative estimate of drug-likeness (QED) is 0.436. The van der Waals surface area contributed by atoms with Gasteiger partial charge in [0.25, 0.3) is 11.1 Å². The minimum absolute atomic E-state index is 0.129. The first-order valence-electron chi connectivity index (χ1n) is 8.41. The van der Waals surface area contributed by atoms with E-state index in [1.54, 1.807) is 29.8 Å². The zero-order valence-electron chi connectivity index (χ0n) is 14.8. The molecular formula is C18H15FN6O2S. The lowest BCUT2D eigenvalue weighted by atomic mass is 10.3. The minimum Gasteiger partial charge on any atom is -0.478 e. The van der Waals surface area contributed by atoms with Gasteiger partial charge in [-0.2, -0.15) is 4.68 Å². The first-order valence-corrected chi connectivity index (χ1v) is 9.39. The van der Waals surface area contributed by atoms with E-state index in [4.69, 9.17) is 9.15 Å². The third kappa shape index (κ3) is 4.01. The van der Waals surface area contributed by atoms with E-state index >= 15 is 0 Å². The molecule has 0 aliphatic carbocycles. The first-order chi connectivity index (χ1) is 13.7. The molecule has 0 fully saturated rings. The molecule has 0 unspecified atom stereocenters. The van der Waals surface area contributed by atoms with Gasteiger partial charge in [-0.05, 0) is 41.6 Å². The summed E-state index contributed by atoms with van der Waals surface area (Å²) in [5.41, 5.74) is 0.862. The van der Waals surface area contributed by atoms with Crippen LogP contribution in [0.25, 0.3) is 5.69 Å². The Balaban J connectivity index is 1.41. The van der Waals surface area contributed by atoms with Gasteiger partial charge in [0.15, 0.2) is 23.5 Å². The van der Waals surface area contributed by atoms with Crippen molar-refractivity contribution in [3.8, 4) is 11.4 Å². The second kappa shape index (κ2) is 8.17. The molecule has 4 rings (SSSR count). The standard InChI is InChI=1S/C18H15FN6O2S/c1-12(26-15-10-6-5-9-14(15)19)17-21-22-18(27-17)28-11-16-20-23-24-25(16)13-7-3-2-4-8-13/h2-10,12H,11H2,1H3/t12-/m1/s1. The van der Waals surface area contributed by atoms with E-state index in [0.717, 1.165) is 5.69 Å². The van der Waals surface area contributed by atoms with Crippen LogP contribution in [-0.4, -0.2) is 30.4 Å². The number of halogens is 1. The van der Waals surface area contributed by atoms with E-state index < -0.39 is 11.9 Å². The Bertz CT molecular complexity index is 1050. The summed E-state index contributed by atoms with van der Waals surface area (Å²) in [4.78, 5) is 0. The van der Waals surface area contributed by atoms with E-state index in [-0.39, 0.29) is 11.6 Å². The van der Waals surface area contributed by atoms with Crippen LogP contribution in [0.2, 0.25) is 0 Å². The molecule has 10 heteroatoms. The van der Waals surface area contributed by atoms with Crippen LogP contribution in [0.4, 0.5) is 4.39 Å². The summed E-state index contributed by atoms with van der Waals surface area (Å²) in [7, 11) is 0. The van der Waals surface area contributed by atoms with Crippen LogP contribution in [0.3, 0.4) is 0 Å². The molecule has 0 aliphatic heterocycles. The Kier molecular flexibility index (Phi) is 5.29. The zero-order chi connectivity index (χ0) is 19.3. The highest BCUT2D eigenvalue weighted by atomic mass is 32.2. The van der Waals surface area contributed by atoms with Gasteiger partial charge >= 0.3 is 0 Å². The predicted molar refractivity (Wildman–Crippen MR) is 98.5 cm³/mol. The third-order valence-corrected chi connectivity index (χ3v) is 4.58. The van der Waals surface area contributed by atoms with Crippen molar-refractivity contribution in [2.45, 2.75) is 24.0 Å². The van der Waals surface area contributed by atoms with E-state index in [0.29, 0.717) is 16.8 Å². The van der Waals surface area contributed by atoms with Crippen molar-refractivity contribution < 1.29 is 13.5 Å². The van der Waals surface area contributed by atoms with Gasteiger partial charge in [-0.3, -0.25) is 0 Å². The largest absolute Gasteiger partial charge is 0.478 e. The van der Waals surface area contributed by atoms with Gasteiger partial charge in [0.1, 0.15) is 0 Å². The maximum Gasteiger partial charge on any atom is 0.277 e. The molecule has 142 valence electrons. The van der Waals surface area contributed by atoms with Crippen LogP contribution in [0.1, 0.15) is 24.7 Å². The van der Waals surface area contributed by atoms with Gasteiger partial charge in [-0.15, -0.1) is 15.3 Å². The molecule has 8 nitrogen and oxygen atoms in total. The Morgan fingerprint density at radius 1 is 1.07 bits per heavy atom. The van der Waals surface area contributed by atoms with Crippen LogP contribution in [0, 0.1) is 5.82 Å². The number of thioether (sulfide) groups is 1. The van der Waals surface area contributed by atoms with E-state index in [9.17, 15) is 4.39 Å². The van der Waals surface area contributed by atoms with E-state index in [2.05, 4.69) is 25.7 Å². The SMILES string of the molecule is C[C@@H](Oc1ccccc1F)c1nnc(SCc2nnnn2-c2ccccc2)o1. The van der Waals surface area contributed by atoms with Crippen molar-refractivity contribution in [1.82, 2.24) is 30.4 Å². The maximum absolute atomic E-state index is 13.7. The molecule has 4 aromatic rings. The van der Waals surface area contributed by atoms with Gasteiger partial charge in [-0.25, -0.2) is 4.39 Å². The van der Waals surface area contributed by atoms with Gasteiger partial charge in [0.05, 0.1) is 11.4 Å². The second-order valence-electron chi connectivity index (χ2n) is 5.73. The van der Waals surface area contributed by atoms with Crippen LogP contribution < -0.4 is 4.74 Å². The van der Waals surface area contributed by atoms with Crippen molar-refractivity contribution >= 4 is 11.8 Å². The van der Waals surface area contributed by atoms with Crippen LogP contribution in [0.15, 0.2) is 64.2 Å². The summed E-state index contributed by atoms with van der Waals surface area (Å²) < 4.78 is 26.5. The van der Waals surface area contributed by atoms with Gasteiger partial charge in [0, 0.05) is 0 Å². The minimum atomic E-state index is -0.589. The van der Waals surface area contributed by atoms with Crippen LogP contribution >= 0.6 is 11.8 Å². The lowest BCUT2D eigenvalue weighted by Crippen LogP contribution is -2.04. The number of rotatable bonds is 7. The van der Waals surface area contributed by atoms with E-state index in [1.807, 2.05) is 30.3 Å². The fraction of sp³-hybridized carbons (Fsp3) is 0.167. The van der Waals surface area contributed by atoms with E-state index in [1.165, 1.54) is 17.8 Å². The molecule has 0 saturated carbocycles. The lowest BCUT2D eigenvalue weighted by Gasteiger charge is -2.11. The van der Waals surface area contributed by atoms with Gasteiger partial charge < -0.3 is 9.15 Å². The number of para-hydroxylation sites is 2. The summed E-state index contributed by atoms with van der Waals surface area (Å²) in [5.74, 6) is 1.02. The highest BCUT2D eigenvalue weighted by Crippen LogP contribution is 2.27. The van der Waals surface area contributed by atoms with Gasteiger partial charge in [-0.1, -0.05) is 42.1 Å². The normalized spacial score (nSPS) is 12.1. The van der Waals surface area contributed by atoms with Crippen molar-refractivity contribution in [2.24, 2.45) is 0 Å². The summed E-state index contributed by atoms with van der Waals surface area (Å²) in [6.07, 6.45) is -0.589. The third-order valence-electron chi connectivity index (χ3n) is 3.77. The highest BCUT2D eigenvalue weighted by Gasteiger charge is 2.18. The number of benzene rings is 2. The van der Waals surface area contributed by atoms with Crippen LogP contribution in [-0.2, 0) is 5.75 Å². The molecule has 0 saturated heterocycles. The first kappa shape index (κ1) is 18.1. The molecule has 0 bridgehead atoms. The highest BCUT2D eigenvalue weighted by molar-refractivity contribution is 7.98. The number of aromatic nitrogens is 6. The molecule has 28 heavy (non-hydrogen) atoms. The predicted octanol–water partition coefficient (Wildman–Crippen LogP) is 3.62. The van der Waals surface area contributed by atoms with Crippen molar-refractivity contribution in [1.29, 1.82) is 0 Å². The summed E-state index contributed by atoms with van der Waals surface area (Å²) in [6.45, 7) is 1.71. The number of ether oxygens (including phenoxy) is 1. The molecular weight excluding hydrogens is 383 g/mol. The second-order valence-corrected chi connectivity index (χ2v) is 6.65. The molecule has 2 aromatic heterocycles. The monoisotopic (exact) mass is 398 g/mol. The lowest BCUT2D eigenvalue weighted by molar-refractivity contribution is 0.174. The fourth-order valence-electron chi connectivity index (χ4n) is 2.42.